The van der Waals surface area contributed by atoms with Crippen molar-refractivity contribution in [2.45, 2.75) is 32.3 Å². The second-order valence-electron chi connectivity index (χ2n) is 7.73. The van der Waals surface area contributed by atoms with Gasteiger partial charge in [-0.2, -0.15) is 0 Å². The molecule has 1 aromatic rings. The maximum Gasteiger partial charge on any atom is 0.194 e. The number of aliphatic hydroxyl groups is 1. The summed E-state index contributed by atoms with van der Waals surface area (Å²) in [6, 6.07) is 3.60. The van der Waals surface area contributed by atoms with Crippen LogP contribution in [0.25, 0.3) is 0 Å². The zero-order valence-electron chi connectivity index (χ0n) is 17.7. The van der Waals surface area contributed by atoms with Crippen LogP contribution in [0.4, 0.5) is 14.5 Å². The van der Waals surface area contributed by atoms with Crippen molar-refractivity contribution in [3.8, 4) is 0 Å². The number of anilines is 1. The Hall–Kier alpha value is -1.20. The first kappa shape index (κ1) is 25.1. The van der Waals surface area contributed by atoms with Crippen molar-refractivity contribution < 1.29 is 13.9 Å². The predicted octanol–water partition coefficient (Wildman–Crippen LogP) is 2.52. The molecule has 6 nitrogen and oxygen atoms in total. The van der Waals surface area contributed by atoms with Gasteiger partial charge in [0, 0.05) is 58.4 Å². The van der Waals surface area contributed by atoms with Crippen molar-refractivity contribution in [1.82, 2.24) is 15.1 Å². The number of piperazine rings is 1. The van der Waals surface area contributed by atoms with Crippen LogP contribution in [0.5, 0.6) is 0 Å². The van der Waals surface area contributed by atoms with Crippen LogP contribution in [0, 0.1) is 11.6 Å². The Morgan fingerprint density at radius 2 is 1.83 bits per heavy atom. The standard InChI is InChI=1S/C21H33F2N5O.HI/c1-2-24-21(25-8-3-9-26-10-6-18(29)7-11-26)28-14-12-27(13-15-28)20-16-17(22)4-5-19(20)23;/h4-5,16,18,29H,2-3,6-15H2,1H3,(H,24,25);1H. The molecule has 0 saturated carbocycles. The summed E-state index contributed by atoms with van der Waals surface area (Å²) in [5.74, 6) is 0.0912. The van der Waals surface area contributed by atoms with Crippen LogP contribution in [0.1, 0.15) is 26.2 Å². The van der Waals surface area contributed by atoms with Gasteiger partial charge >= 0.3 is 0 Å². The predicted molar refractivity (Wildman–Crippen MR) is 128 cm³/mol. The summed E-state index contributed by atoms with van der Waals surface area (Å²) in [6.45, 7) is 9.20. The lowest BCUT2D eigenvalue weighted by molar-refractivity contribution is 0.0824. The van der Waals surface area contributed by atoms with Crippen LogP contribution in [0.15, 0.2) is 23.2 Å². The van der Waals surface area contributed by atoms with Gasteiger partial charge in [0.15, 0.2) is 5.96 Å². The number of aliphatic hydroxyl groups excluding tert-OH is 1. The molecule has 2 saturated heterocycles. The third kappa shape index (κ3) is 7.19. The van der Waals surface area contributed by atoms with E-state index >= 15 is 0 Å². The number of nitrogens with zero attached hydrogens (tertiary/aromatic N) is 4. The minimum atomic E-state index is -0.415. The molecule has 2 N–H and O–H groups in total. The number of guanidine groups is 1. The molecule has 0 atom stereocenters. The van der Waals surface area contributed by atoms with Crippen LogP contribution in [-0.4, -0.2) is 85.9 Å². The average Bonchev–Trinajstić information content (AvgIpc) is 2.73. The van der Waals surface area contributed by atoms with E-state index in [1.54, 1.807) is 0 Å². The van der Waals surface area contributed by atoms with Crippen molar-refractivity contribution in [2.24, 2.45) is 4.99 Å². The molecular formula is C21H34F2IN5O. The van der Waals surface area contributed by atoms with Crippen LogP contribution in [0.3, 0.4) is 0 Å². The van der Waals surface area contributed by atoms with Gasteiger partial charge in [-0.25, -0.2) is 8.78 Å². The number of piperidine rings is 1. The highest BCUT2D eigenvalue weighted by atomic mass is 127. The maximum absolute atomic E-state index is 14.0. The third-order valence-electron chi connectivity index (χ3n) is 5.61. The van der Waals surface area contributed by atoms with Gasteiger partial charge < -0.3 is 25.1 Å². The van der Waals surface area contributed by atoms with Gasteiger partial charge in [-0.05, 0) is 44.9 Å². The van der Waals surface area contributed by atoms with E-state index in [1.807, 2.05) is 11.8 Å². The Morgan fingerprint density at radius 1 is 1.13 bits per heavy atom. The van der Waals surface area contributed by atoms with Crippen molar-refractivity contribution in [3.63, 3.8) is 0 Å². The topological polar surface area (TPSA) is 54.3 Å². The average molecular weight is 537 g/mol. The normalized spacial score (nSPS) is 19.0. The smallest absolute Gasteiger partial charge is 0.194 e. The van der Waals surface area contributed by atoms with E-state index in [2.05, 4.69) is 15.1 Å². The molecule has 1 aromatic carbocycles. The molecule has 0 amide bonds. The van der Waals surface area contributed by atoms with Crippen molar-refractivity contribution >= 4 is 35.6 Å². The lowest BCUT2D eigenvalue weighted by atomic mass is 10.1. The number of likely N-dealkylation sites (tertiary alicyclic amines) is 1. The van der Waals surface area contributed by atoms with Crippen molar-refractivity contribution in [3.05, 3.63) is 29.8 Å². The molecule has 3 rings (SSSR count). The second kappa shape index (κ2) is 12.6. The SMILES string of the molecule is CCNC(=NCCCN1CCC(O)CC1)N1CCN(c2cc(F)ccc2F)CC1.I. The molecule has 2 aliphatic heterocycles. The molecular weight excluding hydrogens is 503 g/mol. The fourth-order valence-corrected chi connectivity index (χ4v) is 3.94. The molecule has 9 heteroatoms. The first-order chi connectivity index (χ1) is 14.1. The van der Waals surface area contributed by atoms with Gasteiger partial charge in [0.25, 0.3) is 0 Å². The fourth-order valence-electron chi connectivity index (χ4n) is 3.94. The van der Waals surface area contributed by atoms with Gasteiger partial charge in [0.1, 0.15) is 11.6 Å². The summed E-state index contributed by atoms with van der Waals surface area (Å²) < 4.78 is 27.5. The summed E-state index contributed by atoms with van der Waals surface area (Å²) in [5.41, 5.74) is 0.332. The van der Waals surface area contributed by atoms with E-state index in [-0.39, 0.29) is 35.9 Å². The monoisotopic (exact) mass is 537 g/mol. The Balaban J connectivity index is 0.00000320. The Kier molecular flexibility index (Phi) is 10.5. The Morgan fingerprint density at radius 3 is 2.50 bits per heavy atom. The van der Waals surface area contributed by atoms with Crippen LogP contribution in [0.2, 0.25) is 0 Å². The summed E-state index contributed by atoms with van der Waals surface area (Å²) in [6.07, 6.45) is 2.58. The van der Waals surface area contributed by atoms with Crippen LogP contribution in [-0.2, 0) is 0 Å². The first-order valence-corrected chi connectivity index (χ1v) is 10.7. The molecule has 170 valence electrons. The highest BCUT2D eigenvalue weighted by Crippen LogP contribution is 2.22. The number of halogens is 3. The molecule has 0 bridgehead atoms. The quantitative estimate of drug-likeness (QED) is 0.253. The molecule has 2 heterocycles. The summed E-state index contributed by atoms with van der Waals surface area (Å²) in [5, 5.41) is 12.9. The highest BCUT2D eigenvalue weighted by molar-refractivity contribution is 14.0. The van der Waals surface area contributed by atoms with E-state index in [1.165, 1.54) is 12.1 Å². The van der Waals surface area contributed by atoms with E-state index in [4.69, 9.17) is 4.99 Å². The zero-order valence-corrected chi connectivity index (χ0v) is 20.0. The number of rotatable bonds is 6. The molecule has 2 aliphatic rings. The van der Waals surface area contributed by atoms with E-state index < -0.39 is 5.82 Å². The lowest BCUT2D eigenvalue weighted by Gasteiger charge is -2.37. The van der Waals surface area contributed by atoms with Crippen LogP contribution < -0.4 is 10.2 Å². The summed E-state index contributed by atoms with van der Waals surface area (Å²) in [7, 11) is 0. The number of hydrogen-bond donors (Lipinski definition) is 2. The zero-order chi connectivity index (χ0) is 20.6. The summed E-state index contributed by atoms with van der Waals surface area (Å²) in [4.78, 5) is 11.2. The highest BCUT2D eigenvalue weighted by Gasteiger charge is 2.22. The van der Waals surface area contributed by atoms with E-state index in [9.17, 15) is 13.9 Å². The largest absolute Gasteiger partial charge is 0.393 e. The van der Waals surface area contributed by atoms with Crippen LogP contribution >= 0.6 is 24.0 Å². The first-order valence-electron chi connectivity index (χ1n) is 10.7. The minimum absolute atomic E-state index is 0. The van der Waals surface area contributed by atoms with E-state index in [0.717, 1.165) is 64.0 Å². The lowest BCUT2D eigenvalue weighted by Crippen LogP contribution is -2.52. The molecule has 0 aliphatic carbocycles. The third-order valence-corrected chi connectivity index (χ3v) is 5.61. The maximum atomic E-state index is 14.0. The number of hydrogen-bond acceptors (Lipinski definition) is 4. The number of aliphatic imine (C=N–C) groups is 1. The number of nitrogens with one attached hydrogen (secondary N) is 1. The van der Waals surface area contributed by atoms with Gasteiger partial charge in [0.2, 0.25) is 0 Å². The van der Waals surface area contributed by atoms with Crippen molar-refractivity contribution in [1.29, 1.82) is 0 Å². The van der Waals surface area contributed by atoms with Gasteiger partial charge in [-0.1, -0.05) is 0 Å². The van der Waals surface area contributed by atoms with Crippen molar-refractivity contribution in [2.75, 3.05) is 63.8 Å². The molecule has 0 spiro atoms. The van der Waals surface area contributed by atoms with E-state index in [0.29, 0.717) is 31.9 Å². The molecule has 2 fully saturated rings. The molecule has 0 radical (unpaired) electrons. The van der Waals surface area contributed by atoms with Gasteiger partial charge in [-0.3, -0.25) is 4.99 Å². The van der Waals surface area contributed by atoms with Gasteiger partial charge in [0.05, 0.1) is 11.8 Å². The molecule has 0 unspecified atom stereocenters. The minimum Gasteiger partial charge on any atom is -0.393 e. The Labute approximate surface area is 195 Å². The van der Waals surface area contributed by atoms with Gasteiger partial charge in [-0.15, -0.1) is 24.0 Å². The molecule has 0 aromatic heterocycles. The summed E-state index contributed by atoms with van der Waals surface area (Å²) >= 11 is 0. The fraction of sp³-hybridized carbons (Fsp3) is 0.667. The second-order valence-corrected chi connectivity index (χ2v) is 7.73. The number of benzene rings is 1. The molecule has 30 heavy (non-hydrogen) atoms. The Bertz CT molecular complexity index is 677.